The Morgan fingerprint density at radius 1 is 1.44 bits per heavy atom. The van der Waals surface area contributed by atoms with Gasteiger partial charge in [0.25, 0.3) is 5.69 Å². The molecule has 10 nitrogen and oxygen atoms in total. The van der Waals surface area contributed by atoms with Gasteiger partial charge in [-0.1, -0.05) is 23.4 Å². The molecule has 0 fully saturated rings. The van der Waals surface area contributed by atoms with Gasteiger partial charge in [0.2, 0.25) is 11.1 Å². The predicted octanol–water partition coefficient (Wildman–Crippen LogP) is 2.85. The summed E-state index contributed by atoms with van der Waals surface area (Å²) in [5, 5.41) is 22.0. The fourth-order valence-electron chi connectivity index (χ4n) is 2.25. The third kappa shape index (κ3) is 4.04. The minimum absolute atomic E-state index is 0.0546. The second-order valence-corrected chi connectivity index (χ2v) is 6.70. The zero-order valence-corrected chi connectivity index (χ0v) is 15.5. The molecule has 1 amide bonds. The Morgan fingerprint density at radius 2 is 2.22 bits per heavy atom. The number of furan rings is 1. The van der Waals surface area contributed by atoms with Crippen LogP contribution in [0.1, 0.15) is 5.76 Å². The standard InChI is InChI=1S/C15H13ClN6O4S/c1-8-10(4-5-26-8)14-19-20-15(21(14)17)27-7-13(23)18-11-3-2-9(16)6-12(11)22(24)25/h2-6H,7,17H2,1H3,(H,18,23). The monoisotopic (exact) mass is 408 g/mol. The Kier molecular flexibility index (Phi) is 5.33. The molecular weight excluding hydrogens is 396 g/mol. The molecule has 0 aliphatic rings. The first kappa shape index (κ1) is 18.7. The van der Waals surface area contributed by atoms with Gasteiger partial charge < -0.3 is 15.6 Å². The molecule has 0 aliphatic carbocycles. The van der Waals surface area contributed by atoms with Crippen LogP contribution in [0.25, 0.3) is 11.4 Å². The molecule has 0 radical (unpaired) electrons. The number of halogens is 1. The van der Waals surface area contributed by atoms with Gasteiger partial charge in [0.15, 0.2) is 5.82 Å². The molecule has 3 N–H and O–H groups in total. The number of nitrogens with two attached hydrogens (primary N) is 1. The first-order chi connectivity index (χ1) is 12.9. The second-order valence-electron chi connectivity index (χ2n) is 5.32. The lowest BCUT2D eigenvalue weighted by Gasteiger charge is -2.06. The van der Waals surface area contributed by atoms with Crippen LogP contribution < -0.4 is 11.2 Å². The van der Waals surface area contributed by atoms with Crippen molar-refractivity contribution in [1.29, 1.82) is 0 Å². The normalized spacial score (nSPS) is 10.7. The summed E-state index contributed by atoms with van der Waals surface area (Å²) in [6, 6.07) is 5.70. The summed E-state index contributed by atoms with van der Waals surface area (Å²) in [6.45, 7) is 1.77. The number of nitro groups is 1. The Balaban J connectivity index is 1.68. The zero-order chi connectivity index (χ0) is 19.6. The van der Waals surface area contributed by atoms with Crippen LogP contribution in [0.3, 0.4) is 0 Å². The van der Waals surface area contributed by atoms with Crippen molar-refractivity contribution in [2.75, 3.05) is 16.9 Å². The van der Waals surface area contributed by atoms with E-state index in [4.69, 9.17) is 21.9 Å². The molecule has 1 aromatic carbocycles. The topological polar surface area (TPSA) is 142 Å². The molecule has 0 spiro atoms. The Bertz CT molecular complexity index is 1020. The average molecular weight is 409 g/mol. The number of hydrogen-bond acceptors (Lipinski definition) is 8. The lowest BCUT2D eigenvalue weighted by molar-refractivity contribution is -0.383. The number of rotatable bonds is 6. The number of carbonyl (C=O) groups is 1. The number of carbonyl (C=O) groups excluding carboxylic acids is 1. The largest absolute Gasteiger partial charge is 0.469 e. The number of nitrogens with zero attached hydrogens (tertiary/aromatic N) is 4. The Labute approximate surface area is 161 Å². The maximum atomic E-state index is 12.1. The number of nitrogen functional groups attached to an aromatic ring is 1. The molecule has 0 atom stereocenters. The lowest BCUT2D eigenvalue weighted by Crippen LogP contribution is -2.17. The van der Waals surface area contributed by atoms with E-state index >= 15 is 0 Å². The van der Waals surface area contributed by atoms with Crippen LogP contribution in [0.15, 0.2) is 40.1 Å². The van der Waals surface area contributed by atoms with E-state index in [-0.39, 0.29) is 22.2 Å². The van der Waals surface area contributed by atoms with Crippen LogP contribution in [0, 0.1) is 17.0 Å². The lowest BCUT2D eigenvalue weighted by atomic mass is 10.2. The average Bonchev–Trinajstić information content (AvgIpc) is 3.20. The van der Waals surface area contributed by atoms with Crippen molar-refractivity contribution >= 4 is 40.6 Å². The van der Waals surface area contributed by atoms with Crippen LogP contribution in [-0.4, -0.2) is 31.5 Å². The number of amides is 1. The first-order valence-corrected chi connectivity index (χ1v) is 8.84. The number of aryl methyl sites for hydroxylation is 1. The van der Waals surface area contributed by atoms with Crippen LogP contribution in [0.5, 0.6) is 0 Å². The molecule has 2 heterocycles. The molecule has 0 saturated carbocycles. The zero-order valence-electron chi connectivity index (χ0n) is 13.9. The first-order valence-electron chi connectivity index (χ1n) is 7.48. The third-order valence-electron chi connectivity index (χ3n) is 3.53. The number of benzene rings is 1. The van der Waals surface area contributed by atoms with Gasteiger partial charge in [-0.3, -0.25) is 14.9 Å². The summed E-state index contributed by atoms with van der Waals surface area (Å²) in [5.41, 5.74) is 0.456. The number of thioether (sulfide) groups is 1. The van der Waals surface area contributed by atoms with Crippen LogP contribution in [-0.2, 0) is 4.79 Å². The molecule has 140 valence electrons. The van der Waals surface area contributed by atoms with E-state index in [1.54, 1.807) is 13.0 Å². The summed E-state index contributed by atoms with van der Waals surface area (Å²) >= 11 is 6.79. The molecule has 2 aromatic heterocycles. The number of nitrogens with one attached hydrogen (secondary N) is 1. The van der Waals surface area contributed by atoms with Crippen molar-refractivity contribution in [3.8, 4) is 11.4 Å². The summed E-state index contributed by atoms with van der Waals surface area (Å²) in [6.07, 6.45) is 1.51. The van der Waals surface area contributed by atoms with Gasteiger partial charge in [-0.25, -0.2) is 4.68 Å². The van der Waals surface area contributed by atoms with Crippen molar-refractivity contribution in [2.45, 2.75) is 12.1 Å². The second kappa shape index (κ2) is 7.68. The number of hydrogen-bond donors (Lipinski definition) is 2. The van der Waals surface area contributed by atoms with Gasteiger partial charge in [-0.2, -0.15) is 0 Å². The van der Waals surface area contributed by atoms with Gasteiger partial charge in [0, 0.05) is 11.1 Å². The molecule has 0 saturated heterocycles. The number of anilines is 1. The summed E-state index contributed by atoms with van der Waals surface area (Å²) in [7, 11) is 0. The summed E-state index contributed by atoms with van der Waals surface area (Å²) in [5.74, 6) is 6.48. The molecule has 0 unspecified atom stereocenters. The minimum atomic E-state index is -0.620. The highest BCUT2D eigenvalue weighted by Crippen LogP contribution is 2.28. The van der Waals surface area contributed by atoms with Gasteiger partial charge in [0.1, 0.15) is 11.4 Å². The van der Waals surface area contributed by atoms with Crippen molar-refractivity contribution < 1.29 is 14.1 Å². The molecular formula is C15H13ClN6O4S. The van der Waals surface area contributed by atoms with E-state index in [2.05, 4.69) is 15.5 Å². The molecule has 3 rings (SSSR count). The van der Waals surface area contributed by atoms with E-state index in [9.17, 15) is 14.9 Å². The highest BCUT2D eigenvalue weighted by atomic mass is 35.5. The molecule has 0 aliphatic heterocycles. The van der Waals surface area contributed by atoms with Crippen LogP contribution >= 0.6 is 23.4 Å². The highest BCUT2D eigenvalue weighted by molar-refractivity contribution is 7.99. The Hall–Kier alpha value is -3.05. The fourth-order valence-corrected chi connectivity index (χ4v) is 3.08. The highest BCUT2D eigenvalue weighted by Gasteiger charge is 2.19. The van der Waals surface area contributed by atoms with Gasteiger partial charge in [-0.05, 0) is 25.1 Å². The van der Waals surface area contributed by atoms with Gasteiger partial charge in [0.05, 0.1) is 22.5 Å². The fraction of sp³-hybridized carbons (Fsp3) is 0.133. The quantitative estimate of drug-likeness (QED) is 0.274. The van der Waals surface area contributed by atoms with Crippen molar-refractivity contribution in [3.05, 3.63) is 51.4 Å². The van der Waals surface area contributed by atoms with E-state index in [0.717, 1.165) is 11.8 Å². The van der Waals surface area contributed by atoms with E-state index in [0.29, 0.717) is 22.3 Å². The minimum Gasteiger partial charge on any atom is -0.469 e. The predicted molar refractivity (Wildman–Crippen MR) is 100 cm³/mol. The van der Waals surface area contributed by atoms with Crippen molar-refractivity contribution in [2.24, 2.45) is 0 Å². The third-order valence-corrected chi connectivity index (χ3v) is 4.71. The Morgan fingerprint density at radius 3 is 2.89 bits per heavy atom. The number of aromatic nitrogens is 3. The van der Waals surface area contributed by atoms with E-state index < -0.39 is 10.8 Å². The van der Waals surface area contributed by atoms with Gasteiger partial charge in [-0.15, -0.1) is 10.2 Å². The molecule has 27 heavy (non-hydrogen) atoms. The van der Waals surface area contributed by atoms with Crippen molar-refractivity contribution in [1.82, 2.24) is 14.9 Å². The maximum absolute atomic E-state index is 12.1. The maximum Gasteiger partial charge on any atom is 0.294 e. The summed E-state index contributed by atoms with van der Waals surface area (Å²) < 4.78 is 6.47. The molecule has 3 aromatic rings. The molecule has 12 heteroatoms. The SMILES string of the molecule is Cc1occc1-c1nnc(SCC(=O)Nc2ccc(Cl)cc2[N+](=O)[O-])n1N. The van der Waals surface area contributed by atoms with Crippen molar-refractivity contribution in [3.63, 3.8) is 0 Å². The smallest absolute Gasteiger partial charge is 0.294 e. The van der Waals surface area contributed by atoms with E-state index in [1.165, 1.54) is 29.1 Å². The van der Waals surface area contributed by atoms with Gasteiger partial charge >= 0.3 is 0 Å². The summed E-state index contributed by atoms with van der Waals surface area (Å²) in [4.78, 5) is 22.6. The van der Waals surface area contributed by atoms with Crippen LogP contribution in [0.4, 0.5) is 11.4 Å². The number of nitro benzene ring substituents is 1. The van der Waals surface area contributed by atoms with E-state index in [1.807, 2.05) is 0 Å². The van der Waals surface area contributed by atoms with Crippen LogP contribution in [0.2, 0.25) is 5.02 Å². The molecule has 0 bridgehead atoms.